The lowest BCUT2D eigenvalue weighted by atomic mass is 9.97. The van der Waals surface area contributed by atoms with Gasteiger partial charge in [-0.05, 0) is 62.8 Å². The number of carbonyl (C=O) groups excluding carboxylic acids is 1. The van der Waals surface area contributed by atoms with Gasteiger partial charge >= 0.3 is 0 Å². The van der Waals surface area contributed by atoms with Crippen LogP contribution in [0.15, 0.2) is 29.8 Å². The fourth-order valence-corrected chi connectivity index (χ4v) is 2.51. The van der Waals surface area contributed by atoms with E-state index in [0.717, 1.165) is 12.0 Å². The number of carbonyl (C=O) groups is 1. The predicted octanol–water partition coefficient (Wildman–Crippen LogP) is 3.20. The number of nitrogens with two attached hydrogens (primary N) is 1. The van der Waals surface area contributed by atoms with Gasteiger partial charge in [0.25, 0.3) is 5.91 Å². The van der Waals surface area contributed by atoms with Crippen LogP contribution in [-0.4, -0.2) is 12.5 Å². The zero-order valence-electron chi connectivity index (χ0n) is 11.5. The molecule has 1 aromatic carbocycles. The van der Waals surface area contributed by atoms with Crippen molar-refractivity contribution in [2.45, 2.75) is 39.0 Å². The first-order valence-electron chi connectivity index (χ1n) is 6.98. The molecule has 0 heterocycles. The number of nitrogen functional groups attached to an aromatic ring is 1. The van der Waals surface area contributed by atoms with E-state index < -0.39 is 0 Å². The van der Waals surface area contributed by atoms with Gasteiger partial charge in [0.1, 0.15) is 0 Å². The zero-order valence-corrected chi connectivity index (χ0v) is 11.5. The van der Waals surface area contributed by atoms with Gasteiger partial charge in [-0.3, -0.25) is 4.79 Å². The molecule has 102 valence electrons. The summed E-state index contributed by atoms with van der Waals surface area (Å²) in [7, 11) is 0. The molecule has 19 heavy (non-hydrogen) atoms. The summed E-state index contributed by atoms with van der Waals surface area (Å²) in [6, 6.07) is 5.46. The molecule has 1 aliphatic carbocycles. The molecule has 3 nitrogen and oxygen atoms in total. The molecule has 1 aliphatic rings. The van der Waals surface area contributed by atoms with Crippen molar-refractivity contribution in [1.82, 2.24) is 5.32 Å². The molecular weight excluding hydrogens is 236 g/mol. The van der Waals surface area contributed by atoms with Crippen LogP contribution in [0.4, 0.5) is 5.69 Å². The number of hydrogen-bond donors (Lipinski definition) is 2. The number of anilines is 1. The van der Waals surface area contributed by atoms with E-state index in [2.05, 4.69) is 11.4 Å². The van der Waals surface area contributed by atoms with Gasteiger partial charge in [-0.15, -0.1) is 0 Å². The summed E-state index contributed by atoms with van der Waals surface area (Å²) < 4.78 is 0. The third kappa shape index (κ3) is 4.12. The summed E-state index contributed by atoms with van der Waals surface area (Å²) in [4.78, 5) is 12.0. The van der Waals surface area contributed by atoms with Crippen LogP contribution >= 0.6 is 0 Å². The maximum Gasteiger partial charge on any atom is 0.251 e. The topological polar surface area (TPSA) is 55.1 Å². The smallest absolute Gasteiger partial charge is 0.251 e. The largest absolute Gasteiger partial charge is 0.399 e. The van der Waals surface area contributed by atoms with E-state index in [4.69, 9.17) is 5.73 Å². The predicted molar refractivity (Wildman–Crippen MR) is 79.1 cm³/mol. The standard InChI is InChI=1S/C16H22N2O/c1-12-9-14(11-15(17)10-12)16(19)18-8-7-13-5-3-2-4-6-13/h5,9-11H,2-4,6-8,17H2,1H3,(H,18,19). The Balaban J connectivity index is 1.85. The summed E-state index contributed by atoms with van der Waals surface area (Å²) in [5.41, 5.74) is 9.54. The van der Waals surface area contributed by atoms with Crippen molar-refractivity contribution in [3.63, 3.8) is 0 Å². The molecule has 1 aromatic rings. The van der Waals surface area contributed by atoms with Crippen molar-refractivity contribution in [3.8, 4) is 0 Å². The van der Waals surface area contributed by atoms with Gasteiger partial charge in [0.2, 0.25) is 0 Å². The third-order valence-corrected chi connectivity index (χ3v) is 3.48. The van der Waals surface area contributed by atoms with Gasteiger partial charge < -0.3 is 11.1 Å². The number of allylic oxidation sites excluding steroid dienone is 1. The maximum atomic E-state index is 12.0. The molecule has 0 atom stereocenters. The van der Waals surface area contributed by atoms with Crippen molar-refractivity contribution >= 4 is 11.6 Å². The second kappa shape index (κ2) is 6.41. The molecule has 0 saturated heterocycles. The van der Waals surface area contributed by atoms with Crippen molar-refractivity contribution in [3.05, 3.63) is 41.0 Å². The molecule has 0 aromatic heterocycles. The SMILES string of the molecule is Cc1cc(N)cc(C(=O)NCCC2=CCCCC2)c1. The van der Waals surface area contributed by atoms with E-state index in [1.807, 2.05) is 19.1 Å². The molecule has 0 unspecified atom stereocenters. The Labute approximate surface area is 114 Å². The summed E-state index contributed by atoms with van der Waals surface area (Å²) in [5.74, 6) is -0.0354. The van der Waals surface area contributed by atoms with Gasteiger partial charge in [-0.2, -0.15) is 0 Å². The number of aryl methyl sites for hydroxylation is 1. The van der Waals surface area contributed by atoms with Crippen LogP contribution in [0.25, 0.3) is 0 Å². The minimum Gasteiger partial charge on any atom is -0.399 e. The summed E-state index contributed by atoms with van der Waals surface area (Å²) in [6.07, 6.45) is 8.25. The van der Waals surface area contributed by atoms with Crippen LogP contribution in [0.1, 0.15) is 48.0 Å². The highest BCUT2D eigenvalue weighted by Gasteiger charge is 2.08. The van der Waals surface area contributed by atoms with Crippen LogP contribution in [0.3, 0.4) is 0 Å². The zero-order chi connectivity index (χ0) is 13.7. The number of benzene rings is 1. The number of rotatable bonds is 4. The van der Waals surface area contributed by atoms with Crippen LogP contribution in [-0.2, 0) is 0 Å². The quantitative estimate of drug-likeness (QED) is 0.643. The Morgan fingerprint density at radius 1 is 1.32 bits per heavy atom. The van der Waals surface area contributed by atoms with Gasteiger partial charge in [-0.25, -0.2) is 0 Å². The molecule has 1 amide bonds. The highest BCUT2D eigenvalue weighted by Crippen LogP contribution is 2.19. The molecule has 3 heteroatoms. The highest BCUT2D eigenvalue weighted by molar-refractivity contribution is 5.95. The van der Waals surface area contributed by atoms with Crippen molar-refractivity contribution in [1.29, 1.82) is 0 Å². The van der Waals surface area contributed by atoms with E-state index >= 15 is 0 Å². The van der Waals surface area contributed by atoms with Crippen molar-refractivity contribution in [2.75, 3.05) is 12.3 Å². The summed E-state index contributed by atoms with van der Waals surface area (Å²) >= 11 is 0. The normalized spacial score (nSPS) is 14.9. The Kier molecular flexibility index (Phi) is 4.61. The van der Waals surface area contributed by atoms with Crippen LogP contribution in [0.5, 0.6) is 0 Å². The summed E-state index contributed by atoms with van der Waals surface area (Å²) in [6.45, 7) is 2.65. The molecule has 0 radical (unpaired) electrons. The molecule has 2 rings (SSSR count). The number of hydrogen-bond acceptors (Lipinski definition) is 2. The molecule has 0 fully saturated rings. The fourth-order valence-electron chi connectivity index (χ4n) is 2.51. The second-order valence-corrected chi connectivity index (χ2v) is 5.25. The molecule has 0 saturated carbocycles. The van der Waals surface area contributed by atoms with E-state index in [1.165, 1.54) is 31.3 Å². The lowest BCUT2D eigenvalue weighted by molar-refractivity contribution is 0.0954. The molecule has 0 aliphatic heterocycles. The Hall–Kier alpha value is -1.77. The van der Waals surface area contributed by atoms with Crippen molar-refractivity contribution in [2.24, 2.45) is 0 Å². The van der Waals surface area contributed by atoms with Crippen LogP contribution < -0.4 is 11.1 Å². The summed E-state index contributed by atoms with van der Waals surface area (Å²) in [5, 5.41) is 2.97. The molecule has 3 N–H and O–H groups in total. The van der Waals surface area contributed by atoms with Crippen LogP contribution in [0.2, 0.25) is 0 Å². The molecule has 0 spiro atoms. The number of amides is 1. The van der Waals surface area contributed by atoms with E-state index in [-0.39, 0.29) is 5.91 Å². The minimum absolute atomic E-state index is 0.0354. The first kappa shape index (κ1) is 13.7. The maximum absolute atomic E-state index is 12.0. The first-order valence-corrected chi connectivity index (χ1v) is 6.98. The Morgan fingerprint density at radius 3 is 2.84 bits per heavy atom. The van der Waals surface area contributed by atoms with Gasteiger partial charge in [0.05, 0.1) is 0 Å². The van der Waals surface area contributed by atoms with Gasteiger partial charge in [-0.1, -0.05) is 11.6 Å². The van der Waals surface area contributed by atoms with E-state index in [0.29, 0.717) is 17.8 Å². The lowest BCUT2D eigenvalue weighted by Crippen LogP contribution is -2.25. The average molecular weight is 258 g/mol. The van der Waals surface area contributed by atoms with Gasteiger partial charge in [0, 0.05) is 17.8 Å². The Morgan fingerprint density at radius 2 is 2.16 bits per heavy atom. The lowest BCUT2D eigenvalue weighted by Gasteiger charge is -2.13. The van der Waals surface area contributed by atoms with Crippen molar-refractivity contribution < 1.29 is 4.79 Å². The average Bonchev–Trinajstić information content (AvgIpc) is 2.38. The van der Waals surface area contributed by atoms with E-state index in [9.17, 15) is 4.79 Å². The number of nitrogens with one attached hydrogen (secondary N) is 1. The molecular formula is C16H22N2O. The Bertz CT molecular complexity index is 471. The van der Waals surface area contributed by atoms with E-state index in [1.54, 1.807) is 6.07 Å². The second-order valence-electron chi connectivity index (χ2n) is 5.25. The van der Waals surface area contributed by atoms with Crippen LogP contribution in [0, 0.1) is 6.92 Å². The highest BCUT2D eigenvalue weighted by atomic mass is 16.1. The third-order valence-electron chi connectivity index (χ3n) is 3.48. The van der Waals surface area contributed by atoms with Gasteiger partial charge in [0.15, 0.2) is 0 Å². The first-order chi connectivity index (χ1) is 9.15. The minimum atomic E-state index is -0.0354. The molecule has 0 bridgehead atoms. The monoisotopic (exact) mass is 258 g/mol. The fraction of sp³-hybridized carbons (Fsp3) is 0.438.